The van der Waals surface area contributed by atoms with Crippen LogP contribution in [0.4, 0.5) is 0 Å². The number of rotatable bonds is 7. The van der Waals surface area contributed by atoms with E-state index in [-0.39, 0.29) is 0 Å². The molecule has 1 atom stereocenters. The summed E-state index contributed by atoms with van der Waals surface area (Å²) in [7, 11) is 0. The molecule has 1 aromatic carbocycles. The first kappa shape index (κ1) is 16.8. The Balaban J connectivity index is 3.07. The summed E-state index contributed by atoms with van der Waals surface area (Å²) in [4.78, 5) is 0. The van der Waals surface area contributed by atoms with Crippen LogP contribution in [-0.2, 0) is 6.42 Å². The Morgan fingerprint density at radius 1 is 1.10 bits per heavy atom. The first-order valence-corrected chi connectivity index (χ1v) is 7.95. The molecule has 0 aromatic heterocycles. The fourth-order valence-corrected chi connectivity index (χ4v) is 2.73. The van der Waals surface area contributed by atoms with Crippen LogP contribution in [0, 0.1) is 0 Å². The second-order valence-corrected chi connectivity index (χ2v) is 6.04. The second-order valence-electron chi connectivity index (χ2n) is 6.04. The van der Waals surface area contributed by atoms with Crippen molar-refractivity contribution in [1.29, 1.82) is 0 Å². The van der Waals surface area contributed by atoms with Crippen LogP contribution in [0.5, 0.6) is 0 Å². The lowest BCUT2D eigenvalue weighted by molar-refractivity contribution is 0.714. The zero-order valence-corrected chi connectivity index (χ0v) is 13.8. The molecule has 0 nitrogen and oxygen atoms in total. The number of benzene rings is 1. The van der Waals surface area contributed by atoms with Gasteiger partial charge in [0.25, 0.3) is 0 Å². The van der Waals surface area contributed by atoms with Gasteiger partial charge in [-0.1, -0.05) is 63.6 Å². The first-order chi connectivity index (χ1) is 9.49. The highest BCUT2D eigenvalue weighted by Crippen LogP contribution is 2.19. The Hall–Kier alpha value is -1.30. The van der Waals surface area contributed by atoms with Crippen molar-refractivity contribution in [3.05, 3.63) is 45.3 Å². The van der Waals surface area contributed by atoms with E-state index in [4.69, 9.17) is 0 Å². The molecule has 110 valence electrons. The van der Waals surface area contributed by atoms with Gasteiger partial charge in [-0.2, -0.15) is 0 Å². The molecule has 0 unspecified atom stereocenters. The topological polar surface area (TPSA) is 0 Å². The average Bonchev–Trinajstić information content (AvgIpc) is 2.39. The van der Waals surface area contributed by atoms with Crippen molar-refractivity contribution < 1.29 is 0 Å². The molecule has 0 aliphatic carbocycles. The minimum atomic E-state index is 0.470. The van der Waals surface area contributed by atoms with Crippen molar-refractivity contribution in [2.75, 3.05) is 0 Å². The van der Waals surface area contributed by atoms with Gasteiger partial charge in [0.15, 0.2) is 0 Å². The number of hydrogen-bond donors (Lipinski definition) is 0. The van der Waals surface area contributed by atoms with E-state index in [1.165, 1.54) is 46.4 Å². The van der Waals surface area contributed by atoms with E-state index in [1.54, 1.807) is 0 Å². The maximum absolute atomic E-state index is 4.27. The van der Waals surface area contributed by atoms with E-state index in [0.717, 1.165) is 12.8 Å². The van der Waals surface area contributed by atoms with Gasteiger partial charge in [-0.15, -0.1) is 0 Å². The Morgan fingerprint density at radius 3 is 2.35 bits per heavy atom. The fraction of sp³-hybridized carbons (Fsp3) is 0.500. The van der Waals surface area contributed by atoms with Crippen molar-refractivity contribution in [2.24, 2.45) is 0 Å². The van der Waals surface area contributed by atoms with Crippen molar-refractivity contribution in [3.8, 4) is 0 Å². The molecule has 0 heteroatoms. The predicted octanol–water partition coefficient (Wildman–Crippen LogP) is 4.70. The number of allylic oxidation sites excluding steroid dienone is 2. The molecule has 0 N–H and O–H groups in total. The summed E-state index contributed by atoms with van der Waals surface area (Å²) in [6.07, 6.45) is 8.41. The fourth-order valence-electron chi connectivity index (χ4n) is 2.73. The summed E-state index contributed by atoms with van der Waals surface area (Å²) in [6, 6.07) is 4.52. The SMILES string of the molecule is C=c1cc([C@H](C=C(C)C)CC)c(=C)cc1CCCCC. The smallest absolute Gasteiger partial charge is 0.00237 e. The van der Waals surface area contributed by atoms with Crippen molar-refractivity contribution >= 4 is 13.2 Å². The van der Waals surface area contributed by atoms with E-state index in [1.807, 2.05) is 0 Å². The number of unbranched alkanes of at least 4 members (excludes halogenated alkanes) is 2. The Labute approximate surface area is 124 Å². The van der Waals surface area contributed by atoms with Gasteiger partial charge < -0.3 is 0 Å². The Bertz CT molecular complexity index is 544. The molecule has 0 heterocycles. The predicted molar refractivity (Wildman–Crippen MR) is 92.4 cm³/mol. The molecule has 0 bridgehead atoms. The molecule has 1 rings (SSSR count). The molecule has 1 aromatic rings. The molecule has 0 fully saturated rings. The molecule has 0 saturated carbocycles. The summed E-state index contributed by atoms with van der Waals surface area (Å²) in [5.74, 6) is 0.470. The lowest BCUT2D eigenvalue weighted by Gasteiger charge is -2.14. The summed E-state index contributed by atoms with van der Waals surface area (Å²) in [5, 5.41) is 2.36. The van der Waals surface area contributed by atoms with E-state index in [0.29, 0.717) is 5.92 Å². The minimum Gasteiger partial charge on any atom is -0.0915 e. The standard InChI is InChI=1S/C20H30/c1-7-9-10-11-19-13-17(6)20(14-16(19)5)18(8-2)12-15(3)4/h12-14,18H,5-11H2,1-4H3/t18-/m0/s1. The quantitative estimate of drug-likeness (QED) is 0.497. The van der Waals surface area contributed by atoms with Crippen LogP contribution in [0.15, 0.2) is 23.8 Å². The van der Waals surface area contributed by atoms with Crippen LogP contribution in [0.1, 0.15) is 70.4 Å². The normalized spacial score (nSPS) is 12.2. The van der Waals surface area contributed by atoms with E-state index in [9.17, 15) is 0 Å². The third-order valence-corrected chi connectivity index (χ3v) is 3.88. The van der Waals surface area contributed by atoms with Crippen LogP contribution in [0.25, 0.3) is 13.2 Å². The lowest BCUT2D eigenvalue weighted by Crippen LogP contribution is -2.20. The van der Waals surface area contributed by atoms with Crippen LogP contribution in [-0.4, -0.2) is 0 Å². The van der Waals surface area contributed by atoms with Crippen molar-refractivity contribution in [3.63, 3.8) is 0 Å². The largest absolute Gasteiger partial charge is 0.0915 e. The Morgan fingerprint density at radius 2 is 1.80 bits per heavy atom. The van der Waals surface area contributed by atoms with Gasteiger partial charge in [-0.3, -0.25) is 0 Å². The van der Waals surface area contributed by atoms with Crippen LogP contribution in [0.3, 0.4) is 0 Å². The van der Waals surface area contributed by atoms with Crippen molar-refractivity contribution in [2.45, 2.75) is 65.7 Å². The summed E-state index contributed by atoms with van der Waals surface area (Å²) in [5.41, 5.74) is 4.09. The van der Waals surface area contributed by atoms with Gasteiger partial charge >= 0.3 is 0 Å². The van der Waals surface area contributed by atoms with Gasteiger partial charge in [-0.05, 0) is 54.7 Å². The highest BCUT2D eigenvalue weighted by atomic mass is 14.1. The van der Waals surface area contributed by atoms with Crippen LogP contribution < -0.4 is 10.4 Å². The van der Waals surface area contributed by atoms with Crippen LogP contribution >= 0.6 is 0 Å². The van der Waals surface area contributed by atoms with Gasteiger partial charge in [0, 0.05) is 5.92 Å². The van der Waals surface area contributed by atoms with Gasteiger partial charge in [0.2, 0.25) is 0 Å². The van der Waals surface area contributed by atoms with E-state index >= 15 is 0 Å². The zero-order valence-electron chi connectivity index (χ0n) is 13.8. The van der Waals surface area contributed by atoms with Gasteiger partial charge in [0.1, 0.15) is 0 Å². The highest BCUT2D eigenvalue weighted by molar-refractivity contribution is 5.34. The summed E-state index contributed by atoms with van der Waals surface area (Å²) < 4.78 is 0. The van der Waals surface area contributed by atoms with E-state index < -0.39 is 0 Å². The molecule has 0 radical (unpaired) electrons. The van der Waals surface area contributed by atoms with E-state index in [2.05, 4.69) is 59.1 Å². The second kappa shape index (κ2) is 8.09. The zero-order chi connectivity index (χ0) is 15.1. The summed E-state index contributed by atoms with van der Waals surface area (Å²) in [6.45, 7) is 17.3. The molecular weight excluding hydrogens is 240 g/mol. The first-order valence-electron chi connectivity index (χ1n) is 7.95. The monoisotopic (exact) mass is 270 g/mol. The summed E-state index contributed by atoms with van der Waals surface area (Å²) >= 11 is 0. The third kappa shape index (κ3) is 4.67. The van der Waals surface area contributed by atoms with Gasteiger partial charge in [0.05, 0.1) is 0 Å². The highest BCUT2D eigenvalue weighted by Gasteiger charge is 2.08. The maximum atomic E-state index is 4.27. The molecule has 0 amide bonds. The van der Waals surface area contributed by atoms with Crippen LogP contribution in [0.2, 0.25) is 0 Å². The van der Waals surface area contributed by atoms with Crippen molar-refractivity contribution in [1.82, 2.24) is 0 Å². The van der Waals surface area contributed by atoms with Gasteiger partial charge in [-0.25, -0.2) is 0 Å². The minimum absolute atomic E-state index is 0.470. The molecule has 0 aliphatic heterocycles. The molecule has 0 saturated heterocycles. The third-order valence-electron chi connectivity index (χ3n) is 3.88. The molecule has 0 aliphatic rings. The molecular formula is C20H30. The lowest BCUT2D eigenvalue weighted by atomic mass is 9.90. The molecule has 20 heavy (non-hydrogen) atoms. The average molecular weight is 270 g/mol. The Kier molecular flexibility index (Phi) is 6.78. The molecule has 0 spiro atoms. The number of aryl methyl sites for hydroxylation is 1. The maximum Gasteiger partial charge on any atom is 0.00237 e. The number of hydrogen-bond acceptors (Lipinski definition) is 0.